The van der Waals surface area contributed by atoms with Crippen molar-refractivity contribution in [3.8, 4) is 0 Å². The highest BCUT2D eigenvalue weighted by Crippen LogP contribution is 2.58. The molecule has 5 rings (SSSR count). The standard InChI is InChI=1S/C36H42N3O5P/c1-27(37)32(40)38-24-11-18-31(38)33(41)39-25-23-35(21-19-28-12-5-2-6-13-28,22-20-29-14-7-3-8-15-29)36(39,45-43)34(42)44-26-30-16-9-4-10-17-30/h2-10,12-17,27,31H,11,18-26,37H2,1H3/p+1/t27-,31-,36-/m0/s1. The maximum Gasteiger partial charge on any atom is 0.384 e. The molecule has 2 amide bonds. The Kier molecular flexibility index (Phi) is 10.5. The number of hydrogen-bond donors (Lipinski definition) is 1. The second kappa shape index (κ2) is 14.5. The monoisotopic (exact) mass is 628 g/mol. The SMILES string of the molecule is C[C@H](N)C(=O)N1CCC[C@H]1C(=O)N1CCC(CCc2ccccc2)(CCc2ccccc2)[C@@]1([PH+]=O)C(=O)OCc1ccccc1. The third kappa shape index (κ3) is 6.73. The van der Waals surface area contributed by atoms with E-state index in [2.05, 4.69) is 0 Å². The van der Waals surface area contributed by atoms with Gasteiger partial charge in [-0.1, -0.05) is 95.6 Å². The van der Waals surface area contributed by atoms with Crippen LogP contribution in [0.5, 0.6) is 0 Å². The summed E-state index contributed by atoms with van der Waals surface area (Å²) in [6.07, 6.45) is 3.98. The zero-order valence-corrected chi connectivity index (χ0v) is 26.9. The van der Waals surface area contributed by atoms with Crippen molar-refractivity contribution in [2.45, 2.75) is 75.8 Å². The van der Waals surface area contributed by atoms with E-state index in [-0.39, 0.29) is 25.0 Å². The van der Waals surface area contributed by atoms with Crippen molar-refractivity contribution in [2.24, 2.45) is 11.1 Å². The van der Waals surface area contributed by atoms with Crippen molar-refractivity contribution in [1.82, 2.24) is 9.80 Å². The fourth-order valence-corrected chi connectivity index (χ4v) is 8.20. The highest BCUT2D eigenvalue weighted by Gasteiger charge is 2.73. The predicted octanol–water partition coefficient (Wildman–Crippen LogP) is 5.27. The first kappa shape index (κ1) is 32.5. The number of carbonyl (C=O) groups is 3. The molecule has 0 radical (unpaired) electrons. The minimum atomic E-state index is -1.71. The summed E-state index contributed by atoms with van der Waals surface area (Å²) < 4.78 is 19.8. The van der Waals surface area contributed by atoms with E-state index in [4.69, 9.17) is 10.5 Å². The lowest BCUT2D eigenvalue weighted by atomic mass is 9.71. The summed E-state index contributed by atoms with van der Waals surface area (Å²) in [5.74, 6) is -1.32. The second-order valence-electron chi connectivity index (χ2n) is 12.3. The minimum Gasteiger partial charge on any atom is -0.456 e. The van der Waals surface area contributed by atoms with Gasteiger partial charge in [0.15, 0.2) is 0 Å². The first-order valence-electron chi connectivity index (χ1n) is 15.9. The van der Waals surface area contributed by atoms with E-state index in [1.807, 2.05) is 91.0 Å². The van der Waals surface area contributed by atoms with Crippen molar-refractivity contribution in [1.29, 1.82) is 0 Å². The van der Waals surface area contributed by atoms with Gasteiger partial charge in [-0.3, -0.25) is 14.5 Å². The molecular weight excluding hydrogens is 585 g/mol. The van der Waals surface area contributed by atoms with Crippen LogP contribution < -0.4 is 5.73 Å². The van der Waals surface area contributed by atoms with Crippen molar-refractivity contribution in [3.05, 3.63) is 108 Å². The van der Waals surface area contributed by atoms with Crippen molar-refractivity contribution >= 4 is 26.2 Å². The summed E-state index contributed by atoms with van der Waals surface area (Å²) in [5.41, 5.74) is 8.12. The molecule has 0 aromatic heterocycles. The van der Waals surface area contributed by atoms with Gasteiger partial charge in [-0.05, 0) is 68.6 Å². The van der Waals surface area contributed by atoms with Crippen LogP contribution in [0.4, 0.5) is 0 Å². The molecule has 4 atom stereocenters. The first-order valence-corrected chi connectivity index (χ1v) is 16.8. The van der Waals surface area contributed by atoms with E-state index in [1.54, 1.807) is 6.92 Å². The van der Waals surface area contributed by atoms with E-state index in [1.165, 1.54) is 9.80 Å². The topological polar surface area (TPSA) is 110 Å². The molecule has 9 heteroatoms. The van der Waals surface area contributed by atoms with E-state index < -0.39 is 37.2 Å². The number of hydrogen-bond acceptors (Lipinski definition) is 6. The Morgan fingerprint density at radius 1 is 0.867 bits per heavy atom. The quantitative estimate of drug-likeness (QED) is 0.216. The molecule has 236 valence electrons. The summed E-state index contributed by atoms with van der Waals surface area (Å²) in [4.78, 5) is 45.2. The van der Waals surface area contributed by atoms with Crippen LogP contribution >= 0.6 is 8.46 Å². The number of benzene rings is 3. The van der Waals surface area contributed by atoms with Gasteiger partial charge in [-0.25, -0.2) is 4.79 Å². The summed E-state index contributed by atoms with van der Waals surface area (Å²) in [6, 6.07) is 27.9. The van der Waals surface area contributed by atoms with Gasteiger partial charge >= 0.3 is 19.7 Å². The highest BCUT2D eigenvalue weighted by molar-refractivity contribution is 7.28. The Labute approximate surface area is 267 Å². The van der Waals surface area contributed by atoms with Gasteiger partial charge in [0.05, 0.1) is 11.5 Å². The average Bonchev–Trinajstić information content (AvgIpc) is 3.70. The number of ether oxygens (including phenoxy) is 1. The van der Waals surface area contributed by atoms with Crippen LogP contribution in [0.1, 0.15) is 55.7 Å². The molecule has 2 saturated heterocycles. The number of amides is 2. The van der Waals surface area contributed by atoms with Gasteiger partial charge in [-0.2, -0.15) is 0 Å². The molecule has 0 spiro atoms. The number of nitrogens with zero attached hydrogens (tertiary/aromatic N) is 2. The van der Waals surface area contributed by atoms with Crippen LogP contribution in [-0.4, -0.2) is 58.0 Å². The number of esters is 1. The number of nitrogens with two attached hydrogens (primary N) is 1. The second-order valence-corrected chi connectivity index (χ2v) is 13.3. The molecule has 8 nitrogen and oxygen atoms in total. The number of aryl methyl sites for hydroxylation is 2. The van der Waals surface area contributed by atoms with E-state index >= 15 is 0 Å². The van der Waals surface area contributed by atoms with Crippen LogP contribution in [0.25, 0.3) is 0 Å². The lowest BCUT2D eigenvalue weighted by Gasteiger charge is -2.40. The number of carbonyl (C=O) groups excluding carboxylic acids is 3. The molecule has 2 fully saturated rings. The van der Waals surface area contributed by atoms with Gasteiger partial charge in [0, 0.05) is 13.1 Å². The molecule has 3 aromatic rings. The number of likely N-dealkylation sites (tertiary alicyclic amines) is 2. The minimum absolute atomic E-state index is 0.000111. The Hall–Kier alpha value is -3.87. The molecule has 3 aromatic carbocycles. The Morgan fingerprint density at radius 2 is 1.40 bits per heavy atom. The fraction of sp³-hybridized carbons (Fsp3) is 0.417. The molecule has 2 aliphatic rings. The third-order valence-corrected chi connectivity index (χ3v) is 10.9. The lowest BCUT2D eigenvalue weighted by molar-refractivity contribution is -0.164. The Morgan fingerprint density at radius 3 is 1.91 bits per heavy atom. The molecule has 0 aliphatic carbocycles. The molecule has 2 N–H and O–H groups in total. The first-order chi connectivity index (χ1) is 21.8. The zero-order valence-electron chi connectivity index (χ0n) is 25.9. The van der Waals surface area contributed by atoms with E-state index in [0.717, 1.165) is 16.7 Å². The Balaban J connectivity index is 1.56. The van der Waals surface area contributed by atoms with Gasteiger partial charge in [0.25, 0.3) is 0 Å². The highest BCUT2D eigenvalue weighted by atomic mass is 31.1. The Bertz CT molecular complexity index is 1430. The molecule has 1 unspecified atom stereocenters. The van der Waals surface area contributed by atoms with Crippen LogP contribution in [-0.2, 0) is 43.1 Å². The summed E-state index contributed by atoms with van der Waals surface area (Å²) >= 11 is 0. The largest absolute Gasteiger partial charge is 0.456 e. The molecular formula is C36H43N3O5P+. The molecule has 0 bridgehead atoms. The third-order valence-electron chi connectivity index (χ3n) is 9.59. The van der Waals surface area contributed by atoms with Crippen LogP contribution in [0, 0.1) is 5.41 Å². The molecule has 2 aliphatic heterocycles. The smallest absolute Gasteiger partial charge is 0.384 e. The van der Waals surface area contributed by atoms with Gasteiger partial charge in [-0.15, -0.1) is 0 Å². The van der Waals surface area contributed by atoms with Gasteiger partial charge in [0.2, 0.25) is 11.8 Å². The maximum absolute atomic E-state index is 14.6. The van der Waals surface area contributed by atoms with E-state index in [0.29, 0.717) is 51.5 Å². The lowest BCUT2D eigenvalue weighted by Crippen LogP contribution is -2.61. The van der Waals surface area contributed by atoms with Gasteiger partial charge < -0.3 is 15.4 Å². The maximum atomic E-state index is 14.6. The van der Waals surface area contributed by atoms with E-state index in [9.17, 15) is 18.9 Å². The molecule has 45 heavy (non-hydrogen) atoms. The van der Waals surface area contributed by atoms with Crippen LogP contribution in [0.2, 0.25) is 0 Å². The van der Waals surface area contributed by atoms with Crippen LogP contribution in [0.3, 0.4) is 0 Å². The molecule has 0 saturated carbocycles. The van der Waals surface area contributed by atoms with Crippen LogP contribution in [0.15, 0.2) is 91.0 Å². The predicted molar refractivity (Wildman–Crippen MR) is 175 cm³/mol. The van der Waals surface area contributed by atoms with Crippen molar-refractivity contribution in [3.63, 3.8) is 0 Å². The normalized spacial score (nSPS) is 21.5. The summed E-state index contributed by atoms with van der Waals surface area (Å²) in [5, 5.41) is -1.71. The van der Waals surface area contributed by atoms with Crippen molar-refractivity contribution < 1.29 is 23.7 Å². The summed E-state index contributed by atoms with van der Waals surface area (Å²) in [7, 11) is -1.16. The molecule has 2 heterocycles. The van der Waals surface area contributed by atoms with Crippen molar-refractivity contribution in [2.75, 3.05) is 13.1 Å². The van der Waals surface area contributed by atoms with Gasteiger partial charge in [0.1, 0.15) is 12.6 Å². The summed E-state index contributed by atoms with van der Waals surface area (Å²) in [6.45, 7) is 2.28. The number of rotatable bonds is 12. The fourth-order valence-electron chi connectivity index (χ4n) is 7.12. The zero-order chi connectivity index (χ0) is 31.9. The average molecular weight is 629 g/mol.